The fourth-order valence-corrected chi connectivity index (χ4v) is 10.2. The monoisotopic (exact) mass is 800 g/mol. The largest absolute Gasteiger partial charge is 0.454 e. The predicted octanol–water partition coefficient (Wildman–Crippen LogP) is 17.2. The van der Waals surface area contributed by atoms with Gasteiger partial charge in [-0.2, -0.15) is 0 Å². The topological polar surface area (TPSA) is 32.8 Å². The molecule has 0 unspecified atom stereocenters. The number of anilines is 6. The van der Waals surface area contributed by atoms with Crippen LogP contribution in [0.2, 0.25) is 0 Å². The van der Waals surface area contributed by atoms with Gasteiger partial charge in [0.25, 0.3) is 0 Å². The highest BCUT2D eigenvalue weighted by Crippen LogP contribution is 2.51. The van der Waals surface area contributed by atoms with Gasteiger partial charge in [0, 0.05) is 43.7 Å². The fraction of sp³-hybridized carbons (Fsp3) is 0.103. The summed E-state index contributed by atoms with van der Waals surface area (Å²) in [7, 11) is 0. The van der Waals surface area contributed by atoms with Crippen LogP contribution in [0.3, 0.4) is 0 Å². The second kappa shape index (κ2) is 13.5. The minimum absolute atomic E-state index is 0.892. The predicted molar refractivity (Wildman–Crippen MR) is 262 cm³/mol. The number of nitrogens with zero attached hydrogens (tertiary/aromatic N) is 2. The van der Waals surface area contributed by atoms with Crippen LogP contribution in [0.5, 0.6) is 0 Å². The van der Waals surface area contributed by atoms with Crippen molar-refractivity contribution >= 4 is 110 Å². The molecule has 0 bridgehead atoms. The zero-order chi connectivity index (χ0) is 42.0. The lowest BCUT2D eigenvalue weighted by atomic mass is 9.91. The SMILES string of the molecule is Cc1cccc(N(c2ccc3ccc4c(N(c5cccc(C)c5)c5c(C)ccc6c5oc5c(C)cccc56)ccc5ccc2c3c54)c2c(C)ccc3c2oc2c(C)cccc23)c1. The van der Waals surface area contributed by atoms with E-state index in [9.17, 15) is 0 Å². The first-order valence-corrected chi connectivity index (χ1v) is 21.5. The van der Waals surface area contributed by atoms with Gasteiger partial charge in [0.15, 0.2) is 11.2 Å². The average molecular weight is 801 g/mol. The van der Waals surface area contributed by atoms with E-state index in [1.165, 1.54) is 43.4 Å². The molecule has 4 heteroatoms. The summed E-state index contributed by atoms with van der Waals surface area (Å²) >= 11 is 0. The summed E-state index contributed by atoms with van der Waals surface area (Å²) < 4.78 is 13.8. The van der Waals surface area contributed by atoms with E-state index in [0.717, 1.165) is 100 Å². The van der Waals surface area contributed by atoms with Crippen LogP contribution in [-0.4, -0.2) is 0 Å². The maximum absolute atomic E-state index is 6.92. The highest BCUT2D eigenvalue weighted by atomic mass is 16.3. The third-order valence-electron chi connectivity index (χ3n) is 13.1. The van der Waals surface area contributed by atoms with E-state index >= 15 is 0 Å². The first kappa shape index (κ1) is 36.3. The molecule has 2 heterocycles. The summed E-state index contributed by atoms with van der Waals surface area (Å²) in [6.07, 6.45) is 0. The van der Waals surface area contributed by atoms with Crippen LogP contribution in [0.1, 0.15) is 33.4 Å². The van der Waals surface area contributed by atoms with E-state index in [1.54, 1.807) is 0 Å². The van der Waals surface area contributed by atoms with Gasteiger partial charge in [-0.1, -0.05) is 121 Å². The lowest BCUT2D eigenvalue weighted by molar-refractivity contribution is 0.665. The summed E-state index contributed by atoms with van der Waals surface area (Å²) in [4.78, 5) is 4.86. The second-order valence-electron chi connectivity index (χ2n) is 17.3. The molecule has 0 aliphatic heterocycles. The number of benzene rings is 10. The van der Waals surface area contributed by atoms with Crippen molar-refractivity contribution in [1.29, 1.82) is 0 Å². The Balaban J connectivity index is 1.16. The molecule has 0 aliphatic rings. The number of furan rings is 2. The molecule has 0 radical (unpaired) electrons. The van der Waals surface area contributed by atoms with Gasteiger partial charge in [-0.05, 0) is 133 Å². The Morgan fingerprint density at radius 1 is 0.323 bits per heavy atom. The highest BCUT2D eigenvalue weighted by molar-refractivity contribution is 6.29. The van der Waals surface area contributed by atoms with E-state index in [0.29, 0.717) is 0 Å². The van der Waals surface area contributed by atoms with Crippen molar-refractivity contribution in [3.8, 4) is 0 Å². The van der Waals surface area contributed by atoms with Crippen molar-refractivity contribution in [2.24, 2.45) is 0 Å². The number of rotatable bonds is 6. The third kappa shape index (κ3) is 5.26. The van der Waals surface area contributed by atoms with Gasteiger partial charge >= 0.3 is 0 Å². The molecule has 0 saturated heterocycles. The Labute approximate surface area is 360 Å². The molecule has 0 saturated carbocycles. The summed E-state index contributed by atoms with van der Waals surface area (Å²) in [6.45, 7) is 13.0. The molecular formula is C58H44N2O2. The summed E-state index contributed by atoms with van der Waals surface area (Å²) in [5.41, 5.74) is 17.1. The van der Waals surface area contributed by atoms with Crippen LogP contribution >= 0.6 is 0 Å². The Kier molecular flexibility index (Phi) is 7.89. The molecule has 0 spiro atoms. The summed E-state index contributed by atoms with van der Waals surface area (Å²) in [5, 5.41) is 11.7. The molecule has 0 fully saturated rings. The van der Waals surface area contributed by atoms with Crippen molar-refractivity contribution in [2.75, 3.05) is 9.80 Å². The van der Waals surface area contributed by atoms with Gasteiger partial charge < -0.3 is 18.6 Å². The van der Waals surface area contributed by atoms with Crippen LogP contribution in [0.4, 0.5) is 34.1 Å². The molecule has 10 aromatic carbocycles. The Hall–Kier alpha value is -7.56. The van der Waals surface area contributed by atoms with E-state index in [1.807, 2.05) is 0 Å². The molecule has 298 valence electrons. The van der Waals surface area contributed by atoms with Crippen LogP contribution in [0.25, 0.3) is 76.2 Å². The second-order valence-corrected chi connectivity index (χ2v) is 17.3. The fourth-order valence-electron chi connectivity index (χ4n) is 10.2. The molecule has 2 aromatic heterocycles. The molecule has 0 atom stereocenters. The van der Waals surface area contributed by atoms with Crippen LogP contribution in [0.15, 0.2) is 167 Å². The smallest absolute Gasteiger partial charge is 0.159 e. The Morgan fingerprint density at radius 3 is 1.15 bits per heavy atom. The molecule has 12 aromatic rings. The van der Waals surface area contributed by atoms with Crippen molar-refractivity contribution in [2.45, 2.75) is 41.5 Å². The van der Waals surface area contributed by atoms with E-state index < -0.39 is 0 Å². The summed E-state index contributed by atoms with van der Waals surface area (Å²) in [6, 6.07) is 57.8. The average Bonchev–Trinajstić information content (AvgIpc) is 3.85. The Morgan fingerprint density at radius 2 is 0.710 bits per heavy atom. The molecule has 0 amide bonds. The van der Waals surface area contributed by atoms with E-state index in [2.05, 4.69) is 209 Å². The molecule has 0 N–H and O–H groups in total. The van der Waals surface area contributed by atoms with Crippen molar-refractivity contribution < 1.29 is 8.83 Å². The van der Waals surface area contributed by atoms with Gasteiger partial charge in [0.2, 0.25) is 0 Å². The van der Waals surface area contributed by atoms with Crippen molar-refractivity contribution in [1.82, 2.24) is 0 Å². The quantitative estimate of drug-likeness (QED) is 0.157. The van der Waals surface area contributed by atoms with Gasteiger partial charge in [0.05, 0.1) is 22.7 Å². The lowest BCUT2D eigenvalue weighted by Crippen LogP contribution is -2.13. The normalized spacial score (nSPS) is 12.0. The van der Waals surface area contributed by atoms with Crippen LogP contribution in [-0.2, 0) is 0 Å². The number of para-hydroxylation sites is 2. The zero-order valence-electron chi connectivity index (χ0n) is 35.7. The molecule has 62 heavy (non-hydrogen) atoms. The van der Waals surface area contributed by atoms with Gasteiger partial charge in [-0.15, -0.1) is 0 Å². The molecule has 12 rings (SSSR count). The Bertz CT molecular complexity index is 3540. The number of fused-ring (bicyclic) bond motifs is 6. The number of hydrogen-bond donors (Lipinski definition) is 0. The first-order chi connectivity index (χ1) is 30.2. The van der Waals surface area contributed by atoms with Gasteiger partial charge in [0.1, 0.15) is 11.2 Å². The maximum atomic E-state index is 6.92. The van der Waals surface area contributed by atoms with Gasteiger partial charge in [-0.3, -0.25) is 0 Å². The molecule has 4 nitrogen and oxygen atoms in total. The van der Waals surface area contributed by atoms with E-state index in [4.69, 9.17) is 8.83 Å². The highest BCUT2D eigenvalue weighted by Gasteiger charge is 2.27. The number of aryl methyl sites for hydroxylation is 6. The minimum atomic E-state index is 0.892. The lowest BCUT2D eigenvalue weighted by Gasteiger charge is -2.30. The maximum Gasteiger partial charge on any atom is 0.159 e. The van der Waals surface area contributed by atoms with Crippen LogP contribution in [0, 0.1) is 41.5 Å². The van der Waals surface area contributed by atoms with Crippen molar-refractivity contribution in [3.05, 3.63) is 191 Å². The summed E-state index contributed by atoms with van der Waals surface area (Å²) in [5.74, 6) is 0. The molecular weight excluding hydrogens is 757 g/mol. The minimum Gasteiger partial charge on any atom is -0.454 e. The van der Waals surface area contributed by atoms with Gasteiger partial charge in [-0.25, -0.2) is 0 Å². The van der Waals surface area contributed by atoms with Crippen molar-refractivity contribution in [3.63, 3.8) is 0 Å². The number of hydrogen-bond acceptors (Lipinski definition) is 4. The third-order valence-corrected chi connectivity index (χ3v) is 13.1. The molecule has 0 aliphatic carbocycles. The standard InChI is InChI=1S/C58H44N2O2/c1-33-11-7-15-41(31-33)59(53-35(3)19-25-45-43-17-9-13-37(5)55(43)61-57(45)53)49-29-23-39-22-28-48-50(30-24-40-21-27-47(49)51(39)52(40)48)60(42-16-8-12-34(2)32-42)54-36(4)20-26-46-44-18-10-14-38(6)56(44)62-58(46)54/h7-32H,1-6H3. The van der Waals surface area contributed by atoms with Crippen LogP contribution < -0.4 is 9.80 Å². The first-order valence-electron chi connectivity index (χ1n) is 21.5. The van der Waals surface area contributed by atoms with E-state index in [-0.39, 0.29) is 0 Å². The zero-order valence-corrected chi connectivity index (χ0v) is 35.7.